The maximum Gasteiger partial charge on any atom is 0.305 e. The summed E-state index contributed by atoms with van der Waals surface area (Å²) < 4.78 is 5.47. The predicted octanol–water partition coefficient (Wildman–Crippen LogP) is 15.7. The van der Waals surface area contributed by atoms with Crippen molar-refractivity contribution in [3.05, 3.63) is 36.5 Å². The lowest BCUT2D eigenvalue weighted by Gasteiger charge is -2.20. The van der Waals surface area contributed by atoms with E-state index in [1.54, 1.807) is 6.08 Å². The molecule has 6 nitrogen and oxygen atoms in total. The Morgan fingerprint density at radius 3 is 1.28 bits per heavy atom. The number of ether oxygens (including phenoxy) is 1. The SMILES string of the molecule is CCCCCC/C=C\C/C=C\CCCCCCCCCC(=O)OCCCCCCCCCCCCCCC(=O)NC(CO)C(O)/C=C/CCCCCCCCCCCCC. The van der Waals surface area contributed by atoms with E-state index in [1.165, 1.54) is 180 Å². The standard InChI is InChI=1S/C54H101NO5/c1-3-5-7-9-11-13-15-17-18-19-20-21-23-28-32-36-40-44-48-54(59)60-49-45-41-37-33-29-25-24-27-31-35-39-43-47-53(58)55-51(50-56)52(57)46-42-38-34-30-26-22-16-14-12-10-8-6-4-2/h13,15,18-19,42,46,51-52,56-57H,3-12,14,16-17,20-41,43-45,47-50H2,1-2H3,(H,55,58)/b15-13-,19-18-,46-42+. The van der Waals surface area contributed by atoms with Crippen LogP contribution in [0.5, 0.6) is 0 Å². The van der Waals surface area contributed by atoms with Crippen molar-refractivity contribution in [2.75, 3.05) is 13.2 Å². The molecule has 60 heavy (non-hydrogen) atoms. The Morgan fingerprint density at radius 2 is 0.833 bits per heavy atom. The molecule has 0 aliphatic carbocycles. The Labute approximate surface area is 373 Å². The van der Waals surface area contributed by atoms with Gasteiger partial charge >= 0.3 is 5.97 Å². The number of aliphatic hydroxyl groups excluding tert-OH is 2. The van der Waals surface area contributed by atoms with Crippen molar-refractivity contribution in [3.8, 4) is 0 Å². The van der Waals surface area contributed by atoms with Crippen LogP contribution in [0.1, 0.15) is 271 Å². The number of unbranched alkanes of at least 4 members (excludes halogenated alkanes) is 33. The van der Waals surface area contributed by atoms with Crippen molar-refractivity contribution in [2.45, 2.75) is 283 Å². The van der Waals surface area contributed by atoms with E-state index >= 15 is 0 Å². The van der Waals surface area contributed by atoms with Crippen molar-refractivity contribution in [1.82, 2.24) is 5.32 Å². The van der Waals surface area contributed by atoms with Crippen molar-refractivity contribution in [1.29, 1.82) is 0 Å². The highest BCUT2D eigenvalue weighted by atomic mass is 16.5. The van der Waals surface area contributed by atoms with Crippen LogP contribution in [0.25, 0.3) is 0 Å². The van der Waals surface area contributed by atoms with Gasteiger partial charge < -0.3 is 20.3 Å². The second kappa shape index (κ2) is 49.7. The topological polar surface area (TPSA) is 95.9 Å². The molecule has 2 unspecified atom stereocenters. The summed E-state index contributed by atoms with van der Waals surface area (Å²) in [6, 6.07) is -0.639. The summed E-state index contributed by atoms with van der Waals surface area (Å²) in [5, 5.41) is 23.0. The van der Waals surface area contributed by atoms with Gasteiger partial charge in [-0.15, -0.1) is 0 Å². The summed E-state index contributed by atoms with van der Waals surface area (Å²) in [4.78, 5) is 24.5. The highest BCUT2D eigenvalue weighted by Gasteiger charge is 2.18. The molecule has 3 N–H and O–H groups in total. The Bertz CT molecular complexity index is 977. The third kappa shape index (κ3) is 45.6. The predicted molar refractivity (Wildman–Crippen MR) is 259 cm³/mol. The maximum absolute atomic E-state index is 12.4. The maximum atomic E-state index is 12.4. The molecule has 0 aliphatic heterocycles. The minimum atomic E-state index is -0.854. The molecule has 0 spiro atoms. The molecule has 0 saturated carbocycles. The number of allylic oxidation sites excluding steroid dienone is 5. The first-order valence-corrected chi connectivity index (χ1v) is 26.3. The van der Waals surface area contributed by atoms with Gasteiger partial charge in [0.15, 0.2) is 0 Å². The smallest absolute Gasteiger partial charge is 0.305 e. The summed E-state index contributed by atoms with van der Waals surface area (Å²) in [7, 11) is 0. The second-order valence-corrected chi connectivity index (χ2v) is 17.9. The van der Waals surface area contributed by atoms with Crippen molar-refractivity contribution >= 4 is 11.9 Å². The number of esters is 1. The van der Waals surface area contributed by atoms with E-state index in [2.05, 4.69) is 43.5 Å². The van der Waals surface area contributed by atoms with E-state index in [-0.39, 0.29) is 18.5 Å². The van der Waals surface area contributed by atoms with Gasteiger partial charge in [-0.2, -0.15) is 0 Å². The van der Waals surface area contributed by atoms with Gasteiger partial charge in [0.05, 0.1) is 25.4 Å². The zero-order chi connectivity index (χ0) is 43.7. The fourth-order valence-corrected chi connectivity index (χ4v) is 7.84. The quantitative estimate of drug-likeness (QED) is 0.0322. The van der Waals surface area contributed by atoms with Gasteiger partial charge in [-0.1, -0.05) is 230 Å². The largest absolute Gasteiger partial charge is 0.466 e. The normalized spacial score (nSPS) is 12.9. The third-order valence-electron chi connectivity index (χ3n) is 11.9. The number of hydrogen-bond acceptors (Lipinski definition) is 5. The van der Waals surface area contributed by atoms with Crippen LogP contribution >= 0.6 is 0 Å². The Balaban J connectivity index is 3.48. The van der Waals surface area contributed by atoms with Crippen LogP contribution in [0.3, 0.4) is 0 Å². The minimum Gasteiger partial charge on any atom is -0.466 e. The van der Waals surface area contributed by atoms with Crippen LogP contribution < -0.4 is 5.32 Å². The molecular weight excluding hydrogens is 743 g/mol. The van der Waals surface area contributed by atoms with Gasteiger partial charge in [-0.05, 0) is 64.2 Å². The average molecular weight is 844 g/mol. The van der Waals surface area contributed by atoms with E-state index in [4.69, 9.17) is 4.74 Å². The highest BCUT2D eigenvalue weighted by molar-refractivity contribution is 5.76. The summed E-state index contributed by atoms with van der Waals surface area (Å²) >= 11 is 0. The van der Waals surface area contributed by atoms with Crippen molar-refractivity contribution < 1.29 is 24.5 Å². The molecule has 352 valence electrons. The number of nitrogens with one attached hydrogen (secondary N) is 1. The number of hydrogen-bond donors (Lipinski definition) is 3. The van der Waals surface area contributed by atoms with Crippen LogP contribution in [0, 0.1) is 0 Å². The van der Waals surface area contributed by atoms with Gasteiger partial charge in [0.1, 0.15) is 0 Å². The molecule has 2 atom stereocenters. The van der Waals surface area contributed by atoms with E-state index in [0.29, 0.717) is 19.4 Å². The fourth-order valence-electron chi connectivity index (χ4n) is 7.84. The summed E-state index contributed by atoms with van der Waals surface area (Å²) in [5.74, 6) is -0.104. The minimum absolute atomic E-state index is 0.0187. The molecule has 0 fully saturated rings. The lowest BCUT2D eigenvalue weighted by Crippen LogP contribution is -2.45. The molecule has 0 bridgehead atoms. The van der Waals surface area contributed by atoms with Crippen LogP contribution in [0.2, 0.25) is 0 Å². The van der Waals surface area contributed by atoms with Crippen LogP contribution in [0.15, 0.2) is 36.5 Å². The molecule has 1 amide bonds. The van der Waals surface area contributed by atoms with Crippen molar-refractivity contribution in [2.24, 2.45) is 0 Å². The van der Waals surface area contributed by atoms with E-state index in [9.17, 15) is 19.8 Å². The van der Waals surface area contributed by atoms with Crippen LogP contribution in [0.4, 0.5) is 0 Å². The third-order valence-corrected chi connectivity index (χ3v) is 11.9. The van der Waals surface area contributed by atoms with Gasteiger partial charge in [0.2, 0.25) is 5.91 Å². The monoisotopic (exact) mass is 844 g/mol. The van der Waals surface area contributed by atoms with Crippen LogP contribution in [-0.2, 0) is 14.3 Å². The van der Waals surface area contributed by atoms with E-state index in [0.717, 1.165) is 64.2 Å². The summed E-state index contributed by atoms with van der Waals surface area (Å²) in [6.07, 6.45) is 60.0. The van der Waals surface area contributed by atoms with Gasteiger partial charge in [0.25, 0.3) is 0 Å². The number of rotatable bonds is 48. The number of carbonyl (C=O) groups excluding carboxylic acids is 2. The zero-order valence-corrected chi connectivity index (χ0v) is 39.9. The number of aliphatic hydroxyl groups is 2. The molecule has 6 heteroatoms. The molecule has 0 saturated heterocycles. The van der Waals surface area contributed by atoms with Gasteiger partial charge in [-0.25, -0.2) is 0 Å². The molecule has 0 radical (unpaired) electrons. The molecule has 0 aliphatic rings. The lowest BCUT2D eigenvalue weighted by atomic mass is 10.0. The first-order valence-electron chi connectivity index (χ1n) is 26.3. The van der Waals surface area contributed by atoms with Crippen molar-refractivity contribution in [3.63, 3.8) is 0 Å². The first kappa shape index (κ1) is 58.1. The number of carbonyl (C=O) groups is 2. The molecule has 0 heterocycles. The fraction of sp³-hybridized carbons (Fsp3) is 0.852. The highest BCUT2D eigenvalue weighted by Crippen LogP contribution is 2.15. The Hall–Kier alpha value is -1.92. The molecular formula is C54H101NO5. The summed E-state index contributed by atoms with van der Waals surface area (Å²) in [5.41, 5.74) is 0. The van der Waals surface area contributed by atoms with Gasteiger partial charge in [0, 0.05) is 12.8 Å². The first-order chi connectivity index (χ1) is 29.5. The zero-order valence-electron chi connectivity index (χ0n) is 39.9. The van der Waals surface area contributed by atoms with E-state index in [1.807, 2.05) is 6.08 Å². The van der Waals surface area contributed by atoms with Gasteiger partial charge in [-0.3, -0.25) is 9.59 Å². The lowest BCUT2D eigenvalue weighted by molar-refractivity contribution is -0.143. The molecule has 0 rings (SSSR count). The number of amides is 1. The molecule has 0 aromatic carbocycles. The van der Waals surface area contributed by atoms with Crippen LogP contribution in [-0.4, -0.2) is 47.4 Å². The second-order valence-electron chi connectivity index (χ2n) is 17.9. The average Bonchev–Trinajstić information content (AvgIpc) is 3.25. The Kier molecular flexibility index (Phi) is 48.1. The van der Waals surface area contributed by atoms with E-state index < -0.39 is 12.1 Å². The molecule has 0 aromatic rings. The molecule has 0 aromatic heterocycles. The Morgan fingerprint density at radius 1 is 0.467 bits per heavy atom. The summed E-state index contributed by atoms with van der Waals surface area (Å²) in [6.45, 7) is 4.84.